The molecule has 1 amide bonds. The zero-order valence-corrected chi connectivity index (χ0v) is 21.6. The number of pyridine rings is 1. The first kappa shape index (κ1) is 25.0. The molecule has 0 aromatic carbocycles. The zero-order chi connectivity index (χ0) is 26.0. The van der Waals surface area contributed by atoms with E-state index in [-0.39, 0.29) is 17.6 Å². The Morgan fingerprint density at radius 1 is 1.30 bits per heavy atom. The van der Waals surface area contributed by atoms with Gasteiger partial charge in [0.05, 0.1) is 30.1 Å². The molecule has 0 saturated carbocycles. The third kappa shape index (κ3) is 5.85. The number of aliphatic hydroxyl groups is 1. The van der Waals surface area contributed by atoms with Gasteiger partial charge in [0.25, 0.3) is 5.91 Å². The summed E-state index contributed by atoms with van der Waals surface area (Å²) >= 11 is 0. The highest BCUT2D eigenvalue weighted by Crippen LogP contribution is 2.29. The SMILES string of the molecule is COc1cc(-c2nc(C(=O)NC3=CN4CC(CCC(C)(C)O)N=C4C=C3N3CCCCC3)co2)ccn1. The summed E-state index contributed by atoms with van der Waals surface area (Å²) in [6.45, 7) is 6.24. The lowest BCUT2D eigenvalue weighted by atomic mass is 10.00. The monoisotopic (exact) mass is 506 g/mol. The molecule has 3 aliphatic rings. The number of hydrogen-bond acceptors (Lipinski definition) is 9. The third-order valence-corrected chi connectivity index (χ3v) is 6.81. The number of nitrogens with zero attached hydrogens (tertiary/aromatic N) is 5. The Labute approximate surface area is 216 Å². The molecule has 0 radical (unpaired) electrons. The maximum atomic E-state index is 13.2. The number of nitrogens with one attached hydrogen (secondary N) is 1. The number of hydrogen-bond donors (Lipinski definition) is 2. The van der Waals surface area contributed by atoms with E-state index in [1.165, 1.54) is 19.8 Å². The Morgan fingerprint density at radius 3 is 2.86 bits per heavy atom. The molecule has 5 rings (SSSR count). The molecule has 10 nitrogen and oxygen atoms in total. The van der Waals surface area contributed by atoms with Crippen molar-refractivity contribution in [3.8, 4) is 17.3 Å². The van der Waals surface area contributed by atoms with Gasteiger partial charge in [-0.2, -0.15) is 0 Å². The van der Waals surface area contributed by atoms with Crippen LogP contribution < -0.4 is 10.1 Å². The van der Waals surface area contributed by atoms with Gasteiger partial charge in [-0.15, -0.1) is 0 Å². The van der Waals surface area contributed by atoms with Gasteiger partial charge in [-0.05, 0) is 52.0 Å². The Balaban J connectivity index is 1.35. The van der Waals surface area contributed by atoms with Gasteiger partial charge in [0.1, 0.15) is 12.1 Å². The molecular formula is C27H34N6O4. The molecule has 10 heteroatoms. The number of rotatable bonds is 8. The quantitative estimate of drug-likeness (QED) is 0.560. The van der Waals surface area contributed by atoms with Crippen molar-refractivity contribution in [2.45, 2.75) is 57.6 Å². The fraction of sp³-hybridized carbons (Fsp3) is 0.481. The van der Waals surface area contributed by atoms with Crippen molar-refractivity contribution in [1.82, 2.24) is 25.1 Å². The van der Waals surface area contributed by atoms with Crippen LogP contribution in [-0.2, 0) is 0 Å². The second-order valence-corrected chi connectivity index (χ2v) is 10.3. The van der Waals surface area contributed by atoms with Gasteiger partial charge in [-0.3, -0.25) is 9.79 Å². The molecule has 5 heterocycles. The first-order valence-electron chi connectivity index (χ1n) is 12.8. The number of oxazole rings is 1. The smallest absolute Gasteiger partial charge is 0.277 e. The van der Waals surface area contributed by atoms with E-state index in [2.05, 4.69) is 31.2 Å². The highest BCUT2D eigenvalue weighted by atomic mass is 16.5. The van der Waals surface area contributed by atoms with Crippen LogP contribution in [0.15, 0.2) is 57.7 Å². The average Bonchev–Trinajstić information content (AvgIpc) is 3.54. The van der Waals surface area contributed by atoms with Crippen LogP contribution >= 0.6 is 0 Å². The van der Waals surface area contributed by atoms with E-state index in [0.29, 0.717) is 30.3 Å². The number of amidine groups is 1. The van der Waals surface area contributed by atoms with Gasteiger partial charge < -0.3 is 29.4 Å². The number of fused-ring (bicyclic) bond motifs is 1. The number of ether oxygens (including phenoxy) is 1. The van der Waals surface area contributed by atoms with Crippen molar-refractivity contribution >= 4 is 11.7 Å². The predicted molar refractivity (Wildman–Crippen MR) is 139 cm³/mol. The second kappa shape index (κ2) is 10.4. The summed E-state index contributed by atoms with van der Waals surface area (Å²) in [6, 6.07) is 3.55. The van der Waals surface area contributed by atoms with Crippen molar-refractivity contribution < 1.29 is 19.1 Å². The molecule has 3 aliphatic heterocycles. The molecule has 1 atom stereocenters. The maximum Gasteiger partial charge on any atom is 0.277 e. The van der Waals surface area contributed by atoms with Crippen LogP contribution in [0.2, 0.25) is 0 Å². The number of methoxy groups -OCH3 is 1. The zero-order valence-electron chi connectivity index (χ0n) is 21.6. The standard InChI is InChI=1S/C27H34N6O4/c1-27(2,35)9-7-19-15-33-16-20(22(14-23(33)29-19)32-11-5-4-6-12-32)30-25(34)21-17-37-26(31-21)18-8-10-28-24(13-18)36-3/h8,10,13-14,16-17,19,35H,4-7,9,11-12,15H2,1-3H3,(H,30,34). The second-order valence-electron chi connectivity index (χ2n) is 10.3. The van der Waals surface area contributed by atoms with Gasteiger partial charge >= 0.3 is 0 Å². The van der Waals surface area contributed by atoms with Crippen molar-refractivity contribution in [2.75, 3.05) is 26.7 Å². The lowest BCUT2D eigenvalue weighted by Gasteiger charge is -2.35. The summed E-state index contributed by atoms with van der Waals surface area (Å²) in [5.41, 5.74) is 1.84. The van der Waals surface area contributed by atoms with Crippen molar-refractivity contribution in [3.05, 3.63) is 54.0 Å². The molecular weight excluding hydrogens is 472 g/mol. The Kier molecular flexibility index (Phi) is 7.01. The molecule has 2 aromatic rings. The van der Waals surface area contributed by atoms with Crippen LogP contribution in [0.25, 0.3) is 11.5 Å². The minimum absolute atomic E-state index is 0.0991. The van der Waals surface area contributed by atoms with Gasteiger partial charge in [-0.1, -0.05) is 0 Å². The molecule has 2 aromatic heterocycles. The van der Waals surface area contributed by atoms with E-state index in [4.69, 9.17) is 14.1 Å². The minimum Gasteiger partial charge on any atom is -0.481 e. The van der Waals surface area contributed by atoms with Crippen molar-refractivity contribution in [3.63, 3.8) is 0 Å². The number of aliphatic imine (C=N–C) groups is 1. The fourth-order valence-electron chi connectivity index (χ4n) is 4.80. The van der Waals surface area contributed by atoms with Gasteiger partial charge in [0.2, 0.25) is 11.8 Å². The molecule has 2 N–H and O–H groups in total. The molecule has 0 bridgehead atoms. The molecule has 1 unspecified atom stereocenters. The summed E-state index contributed by atoms with van der Waals surface area (Å²) < 4.78 is 10.8. The average molecular weight is 507 g/mol. The number of likely N-dealkylation sites (tertiary alicyclic amines) is 1. The Morgan fingerprint density at radius 2 is 2.11 bits per heavy atom. The normalized spacial score (nSPS) is 19.7. The molecule has 0 spiro atoms. The Bertz CT molecular complexity index is 1240. The maximum absolute atomic E-state index is 13.2. The predicted octanol–water partition coefficient (Wildman–Crippen LogP) is 3.33. The molecule has 1 fully saturated rings. The largest absolute Gasteiger partial charge is 0.481 e. The fourth-order valence-corrected chi connectivity index (χ4v) is 4.80. The highest BCUT2D eigenvalue weighted by molar-refractivity contribution is 5.99. The Hall–Kier alpha value is -3.66. The summed E-state index contributed by atoms with van der Waals surface area (Å²) in [6.07, 6.45) is 11.9. The van der Waals surface area contributed by atoms with Gasteiger partial charge in [-0.25, -0.2) is 9.97 Å². The van der Waals surface area contributed by atoms with Gasteiger partial charge in [0.15, 0.2) is 5.69 Å². The van der Waals surface area contributed by atoms with E-state index in [1.807, 2.05) is 20.0 Å². The third-order valence-electron chi connectivity index (χ3n) is 6.81. The first-order chi connectivity index (χ1) is 17.8. The number of carbonyl (C=O) groups excluding carboxylic acids is 1. The summed E-state index contributed by atoms with van der Waals surface area (Å²) in [5.74, 6) is 1.31. The number of carbonyl (C=O) groups is 1. The van der Waals surface area contributed by atoms with Crippen LogP contribution in [0, 0.1) is 0 Å². The number of amides is 1. The van der Waals surface area contributed by atoms with E-state index in [0.717, 1.165) is 49.6 Å². The van der Waals surface area contributed by atoms with Gasteiger partial charge in [0, 0.05) is 49.7 Å². The lowest BCUT2D eigenvalue weighted by molar-refractivity contribution is 0.0668. The van der Waals surface area contributed by atoms with Crippen LogP contribution in [0.4, 0.5) is 0 Å². The van der Waals surface area contributed by atoms with Crippen molar-refractivity contribution in [1.29, 1.82) is 0 Å². The number of aromatic nitrogens is 2. The van der Waals surface area contributed by atoms with Crippen LogP contribution in [0.5, 0.6) is 5.88 Å². The van der Waals surface area contributed by atoms with Crippen LogP contribution in [-0.4, -0.2) is 75.0 Å². The van der Waals surface area contributed by atoms with Crippen LogP contribution in [0.1, 0.15) is 56.4 Å². The summed E-state index contributed by atoms with van der Waals surface area (Å²) in [7, 11) is 1.54. The molecule has 1 saturated heterocycles. The highest BCUT2D eigenvalue weighted by Gasteiger charge is 2.31. The first-order valence-corrected chi connectivity index (χ1v) is 12.8. The lowest BCUT2D eigenvalue weighted by Crippen LogP contribution is -2.39. The van der Waals surface area contributed by atoms with E-state index in [9.17, 15) is 9.90 Å². The van der Waals surface area contributed by atoms with Crippen molar-refractivity contribution in [2.24, 2.45) is 4.99 Å². The minimum atomic E-state index is -0.717. The van der Waals surface area contributed by atoms with Crippen LogP contribution in [0.3, 0.4) is 0 Å². The summed E-state index contributed by atoms with van der Waals surface area (Å²) in [4.78, 5) is 31.0. The molecule has 0 aliphatic carbocycles. The topological polar surface area (TPSA) is 116 Å². The number of piperidine rings is 1. The van der Waals surface area contributed by atoms with E-state index in [1.54, 1.807) is 18.3 Å². The van der Waals surface area contributed by atoms with E-state index >= 15 is 0 Å². The molecule has 37 heavy (non-hydrogen) atoms. The van der Waals surface area contributed by atoms with E-state index < -0.39 is 5.60 Å². The summed E-state index contributed by atoms with van der Waals surface area (Å²) in [5, 5.41) is 13.2. The molecule has 196 valence electrons.